The van der Waals surface area contributed by atoms with Gasteiger partial charge >= 0.3 is 5.97 Å². The third-order valence-corrected chi connectivity index (χ3v) is 8.26. The largest absolute Gasteiger partial charge is 0.478 e. The van der Waals surface area contributed by atoms with Gasteiger partial charge in [-0.1, -0.05) is 17.7 Å². The molecule has 2 N–H and O–H groups in total. The molecule has 0 saturated heterocycles. The lowest BCUT2D eigenvalue weighted by atomic mass is 9.92. The molecule has 184 valence electrons. The molecule has 1 aromatic heterocycles. The van der Waals surface area contributed by atoms with Gasteiger partial charge in [-0.05, 0) is 93.0 Å². The van der Waals surface area contributed by atoms with Crippen molar-refractivity contribution in [1.82, 2.24) is 9.13 Å². The Kier molecular flexibility index (Phi) is 6.01. The summed E-state index contributed by atoms with van der Waals surface area (Å²) in [6.07, 6.45) is 2.89. The van der Waals surface area contributed by atoms with Crippen LogP contribution in [0, 0.1) is 11.7 Å². The molecular weight excluding hydrogens is 498 g/mol. The fourth-order valence-corrected chi connectivity index (χ4v) is 5.79. The molecule has 4 aromatic rings. The summed E-state index contributed by atoms with van der Waals surface area (Å²) >= 11 is 5.74. The van der Waals surface area contributed by atoms with Gasteiger partial charge in [0, 0.05) is 11.7 Å². The number of nitrogens with zero attached hydrogens (tertiary/aromatic N) is 2. The highest BCUT2D eigenvalue weighted by Gasteiger charge is 2.24. The van der Waals surface area contributed by atoms with Crippen LogP contribution in [0.5, 0.6) is 0 Å². The molecule has 3 aromatic carbocycles. The Morgan fingerprint density at radius 2 is 1.69 bits per heavy atom. The second-order valence-electron chi connectivity index (χ2n) is 8.88. The van der Waals surface area contributed by atoms with E-state index in [0.717, 1.165) is 24.8 Å². The number of hydrogen-bond donors (Lipinski definition) is 2. The van der Waals surface area contributed by atoms with Crippen molar-refractivity contribution in [3.05, 3.63) is 93.0 Å². The fraction of sp³-hybridized carbons (Fsp3) is 0.192. The van der Waals surface area contributed by atoms with E-state index in [9.17, 15) is 23.1 Å². The number of aryl methyl sites for hydroxylation is 1. The molecule has 0 aliphatic heterocycles. The minimum atomic E-state index is -3.86. The lowest BCUT2D eigenvalue weighted by molar-refractivity contribution is 0.0697. The van der Waals surface area contributed by atoms with Crippen LogP contribution in [0.3, 0.4) is 0 Å². The fourth-order valence-electron chi connectivity index (χ4n) is 4.31. The van der Waals surface area contributed by atoms with Crippen LogP contribution in [0.1, 0.15) is 41.2 Å². The number of carboxylic acid groups (broad SMARTS) is 1. The molecule has 8 nitrogen and oxygen atoms in total. The molecule has 0 spiro atoms. The minimum Gasteiger partial charge on any atom is -0.478 e. The standard InChI is InChI=1S/C26H23N3O5S2/c1-16-5-12-21(13-6-16)36(33,34)27-18-9-14-23-22(15-18)24(30)29(26(35)28(23)19-3-2-4-19)20-10-7-17(8-11-20)25(31)32/h5-15,19,27H,2-4H2,1H3,(H,31,32). The maximum Gasteiger partial charge on any atom is 0.335 e. The normalized spacial score (nSPS) is 13.9. The SMILES string of the molecule is Cc1ccc(S(=O)(=O)Nc2ccc3c(c2)c(=O)n(-c2ccc(C(=O)O)cc2)c(=S)n3C2CCC2)cc1. The van der Waals surface area contributed by atoms with E-state index in [1.165, 1.54) is 34.9 Å². The van der Waals surface area contributed by atoms with E-state index in [1.807, 2.05) is 11.5 Å². The zero-order chi connectivity index (χ0) is 25.6. The summed E-state index contributed by atoms with van der Waals surface area (Å²) in [5.74, 6) is -1.07. The van der Waals surface area contributed by atoms with Crippen molar-refractivity contribution in [2.24, 2.45) is 0 Å². The molecule has 1 aliphatic rings. The number of sulfonamides is 1. The monoisotopic (exact) mass is 521 g/mol. The van der Waals surface area contributed by atoms with Crippen molar-refractivity contribution >= 4 is 44.8 Å². The van der Waals surface area contributed by atoms with Crippen LogP contribution in [-0.4, -0.2) is 28.6 Å². The first-order chi connectivity index (χ1) is 17.2. The number of aromatic carboxylic acids is 1. The molecule has 0 radical (unpaired) electrons. The van der Waals surface area contributed by atoms with Gasteiger partial charge in [-0.25, -0.2) is 13.2 Å². The van der Waals surface area contributed by atoms with Crippen LogP contribution in [0.2, 0.25) is 0 Å². The average molecular weight is 522 g/mol. The number of anilines is 1. The second-order valence-corrected chi connectivity index (χ2v) is 10.9. The number of nitrogens with one attached hydrogen (secondary N) is 1. The summed E-state index contributed by atoms with van der Waals surface area (Å²) in [5.41, 5.74) is 1.95. The van der Waals surface area contributed by atoms with E-state index < -0.39 is 21.6 Å². The number of fused-ring (bicyclic) bond motifs is 1. The molecular formula is C26H23N3O5S2. The van der Waals surface area contributed by atoms with E-state index in [4.69, 9.17) is 12.2 Å². The minimum absolute atomic E-state index is 0.0955. The quantitative estimate of drug-likeness (QED) is 0.344. The van der Waals surface area contributed by atoms with E-state index in [0.29, 0.717) is 21.4 Å². The van der Waals surface area contributed by atoms with Crippen LogP contribution >= 0.6 is 12.2 Å². The van der Waals surface area contributed by atoms with Crippen LogP contribution in [0.15, 0.2) is 76.4 Å². The number of hydrogen-bond acceptors (Lipinski definition) is 5. The molecule has 0 atom stereocenters. The van der Waals surface area contributed by atoms with Crippen molar-refractivity contribution in [2.75, 3.05) is 4.72 Å². The van der Waals surface area contributed by atoms with Crippen LogP contribution in [0.25, 0.3) is 16.6 Å². The Morgan fingerprint density at radius 1 is 1.03 bits per heavy atom. The number of benzene rings is 3. The van der Waals surface area contributed by atoms with E-state index in [-0.39, 0.29) is 22.2 Å². The Bertz CT molecular complexity index is 1720. The number of carboxylic acids is 1. The molecule has 1 aliphatic carbocycles. The first-order valence-corrected chi connectivity index (χ1v) is 13.3. The predicted molar refractivity (Wildman–Crippen MR) is 140 cm³/mol. The molecule has 0 bridgehead atoms. The Hall–Kier alpha value is -3.76. The van der Waals surface area contributed by atoms with Gasteiger partial charge in [0.1, 0.15) is 0 Å². The molecule has 0 unspecified atom stereocenters. The lowest BCUT2D eigenvalue weighted by Gasteiger charge is -2.30. The number of carbonyl (C=O) groups is 1. The molecule has 10 heteroatoms. The van der Waals surface area contributed by atoms with E-state index in [2.05, 4.69) is 4.72 Å². The van der Waals surface area contributed by atoms with E-state index >= 15 is 0 Å². The average Bonchev–Trinajstić information content (AvgIpc) is 2.81. The van der Waals surface area contributed by atoms with Gasteiger partial charge < -0.3 is 9.67 Å². The summed E-state index contributed by atoms with van der Waals surface area (Å²) in [6, 6.07) is 17.4. The first-order valence-electron chi connectivity index (χ1n) is 11.4. The van der Waals surface area contributed by atoms with Crippen molar-refractivity contribution in [2.45, 2.75) is 37.1 Å². The summed E-state index contributed by atoms with van der Waals surface area (Å²) in [5, 5.41) is 9.53. The Labute approximate surface area is 212 Å². The molecule has 1 saturated carbocycles. The van der Waals surface area contributed by atoms with Gasteiger partial charge in [0.25, 0.3) is 15.6 Å². The maximum absolute atomic E-state index is 13.7. The molecule has 1 fully saturated rings. The lowest BCUT2D eigenvalue weighted by Crippen LogP contribution is -2.28. The first kappa shape index (κ1) is 24.0. The third kappa shape index (κ3) is 4.22. The van der Waals surface area contributed by atoms with Gasteiger partial charge in [-0.3, -0.25) is 14.1 Å². The number of aromatic nitrogens is 2. The summed E-state index contributed by atoms with van der Waals surface area (Å²) in [4.78, 5) is 25.1. The highest BCUT2D eigenvalue weighted by Crippen LogP contribution is 2.35. The Balaban J connectivity index is 1.67. The number of rotatable bonds is 6. The van der Waals surface area contributed by atoms with Crippen LogP contribution in [-0.2, 0) is 10.0 Å². The zero-order valence-corrected chi connectivity index (χ0v) is 21.0. The van der Waals surface area contributed by atoms with Crippen LogP contribution < -0.4 is 10.3 Å². The Morgan fingerprint density at radius 3 is 2.28 bits per heavy atom. The molecule has 0 amide bonds. The van der Waals surface area contributed by atoms with Gasteiger partial charge in [0.15, 0.2) is 4.77 Å². The highest BCUT2D eigenvalue weighted by atomic mass is 32.2. The topological polar surface area (TPSA) is 110 Å². The maximum atomic E-state index is 13.7. The summed E-state index contributed by atoms with van der Waals surface area (Å²) in [6.45, 7) is 1.87. The third-order valence-electron chi connectivity index (χ3n) is 6.48. The molecule has 36 heavy (non-hydrogen) atoms. The highest BCUT2D eigenvalue weighted by molar-refractivity contribution is 7.92. The van der Waals surface area contributed by atoms with Gasteiger partial charge in [0.05, 0.1) is 27.0 Å². The smallest absolute Gasteiger partial charge is 0.335 e. The van der Waals surface area contributed by atoms with Gasteiger partial charge in [0.2, 0.25) is 0 Å². The van der Waals surface area contributed by atoms with Crippen molar-refractivity contribution in [1.29, 1.82) is 0 Å². The van der Waals surface area contributed by atoms with Crippen molar-refractivity contribution in [3.63, 3.8) is 0 Å². The van der Waals surface area contributed by atoms with Gasteiger partial charge in [-0.15, -0.1) is 0 Å². The summed E-state index contributed by atoms with van der Waals surface area (Å²) < 4.78 is 32.1. The van der Waals surface area contributed by atoms with E-state index in [1.54, 1.807) is 36.4 Å². The van der Waals surface area contributed by atoms with Crippen LogP contribution in [0.4, 0.5) is 5.69 Å². The van der Waals surface area contributed by atoms with Crippen molar-refractivity contribution < 1.29 is 18.3 Å². The van der Waals surface area contributed by atoms with Gasteiger partial charge in [-0.2, -0.15) is 0 Å². The second kappa shape index (κ2) is 9.03. The summed E-state index contributed by atoms with van der Waals surface area (Å²) in [7, 11) is -3.86. The molecule has 5 rings (SSSR count). The zero-order valence-electron chi connectivity index (χ0n) is 19.3. The predicted octanol–water partition coefficient (Wildman–Crippen LogP) is 5.05. The van der Waals surface area contributed by atoms with Crippen molar-refractivity contribution in [3.8, 4) is 5.69 Å². The molecule has 1 heterocycles.